The molecule has 2 aliphatic rings. The van der Waals surface area contributed by atoms with Crippen molar-refractivity contribution in [1.82, 2.24) is 15.5 Å². The van der Waals surface area contributed by atoms with E-state index < -0.39 is 29.7 Å². The number of fused-ring (bicyclic) bond motifs is 1. The smallest absolute Gasteiger partial charge is 0.264 e. The first-order valence-electron chi connectivity index (χ1n) is 11.5. The van der Waals surface area contributed by atoms with E-state index in [1.165, 1.54) is 0 Å². The van der Waals surface area contributed by atoms with E-state index in [2.05, 4.69) is 16.0 Å². The van der Waals surface area contributed by atoms with Gasteiger partial charge < -0.3 is 24.8 Å². The number of nitrogens with one attached hydrogen (secondary N) is 3. The average Bonchev–Trinajstić information content (AvgIpc) is 3.10. The van der Waals surface area contributed by atoms with Gasteiger partial charge >= 0.3 is 0 Å². The Bertz CT molecular complexity index is 967. The molecule has 0 saturated carbocycles. The van der Waals surface area contributed by atoms with Gasteiger partial charge in [0.1, 0.15) is 6.04 Å². The third-order valence-electron chi connectivity index (χ3n) is 5.53. The SMILES string of the molecule is CNC(=O)CCOCCOCCOCCNc1cccc2c1C(=O)N(C1CCC(=O)NC1=O)C2=O. The van der Waals surface area contributed by atoms with Crippen LogP contribution in [0.1, 0.15) is 40.0 Å². The van der Waals surface area contributed by atoms with Crippen LogP contribution >= 0.6 is 0 Å². The normalized spacial score (nSPS) is 17.4. The number of hydrogen-bond donors (Lipinski definition) is 3. The minimum Gasteiger partial charge on any atom is -0.382 e. The van der Waals surface area contributed by atoms with Crippen LogP contribution in [0.25, 0.3) is 0 Å². The summed E-state index contributed by atoms with van der Waals surface area (Å²) < 4.78 is 16.2. The first kappa shape index (κ1) is 26.3. The molecule has 0 aromatic heterocycles. The van der Waals surface area contributed by atoms with Gasteiger partial charge in [0.2, 0.25) is 17.7 Å². The van der Waals surface area contributed by atoms with Crippen molar-refractivity contribution in [3.63, 3.8) is 0 Å². The number of rotatable bonds is 14. The number of anilines is 1. The fourth-order valence-corrected chi connectivity index (χ4v) is 3.75. The van der Waals surface area contributed by atoms with Crippen LogP contribution in [-0.4, -0.2) is 93.7 Å². The molecule has 35 heavy (non-hydrogen) atoms. The van der Waals surface area contributed by atoms with E-state index in [1.54, 1.807) is 25.2 Å². The maximum absolute atomic E-state index is 13.0. The molecule has 2 aliphatic heterocycles. The summed E-state index contributed by atoms with van der Waals surface area (Å²) in [6.45, 7) is 2.61. The van der Waals surface area contributed by atoms with Crippen LogP contribution in [-0.2, 0) is 28.6 Å². The number of carbonyl (C=O) groups excluding carboxylic acids is 5. The fraction of sp³-hybridized carbons (Fsp3) is 0.522. The number of benzene rings is 1. The molecule has 12 heteroatoms. The lowest BCUT2D eigenvalue weighted by atomic mass is 10.0. The minimum atomic E-state index is -1.00. The highest BCUT2D eigenvalue weighted by atomic mass is 16.5. The topological polar surface area (TPSA) is 152 Å². The Kier molecular flexibility index (Phi) is 9.70. The van der Waals surface area contributed by atoms with Crippen LogP contribution in [0.4, 0.5) is 5.69 Å². The highest BCUT2D eigenvalue weighted by molar-refractivity contribution is 6.25. The fourth-order valence-electron chi connectivity index (χ4n) is 3.75. The van der Waals surface area contributed by atoms with Crippen molar-refractivity contribution in [2.75, 3.05) is 58.6 Å². The number of ether oxygens (including phenoxy) is 3. The van der Waals surface area contributed by atoms with E-state index in [-0.39, 0.29) is 29.9 Å². The first-order valence-corrected chi connectivity index (χ1v) is 11.5. The molecule has 1 fully saturated rings. The van der Waals surface area contributed by atoms with Gasteiger partial charge in [-0.25, -0.2) is 0 Å². The molecule has 5 amide bonds. The van der Waals surface area contributed by atoms with Crippen molar-refractivity contribution >= 4 is 35.2 Å². The summed E-state index contributed by atoms with van der Waals surface area (Å²) in [5.41, 5.74) is 0.905. The van der Waals surface area contributed by atoms with Gasteiger partial charge in [0.25, 0.3) is 11.8 Å². The second-order valence-electron chi connectivity index (χ2n) is 7.86. The van der Waals surface area contributed by atoms with Crippen LogP contribution in [0.2, 0.25) is 0 Å². The maximum atomic E-state index is 13.0. The molecule has 0 spiro atoms. The molecule has 1 unspecified atom stereocenters. The van der Waals surface area contributed by atoms with Crippen LogP contribution < -0.4 is 16.0 Å². The van der Waals surface area contributed by atoms with E-state index >= 15 is 0 Å². The highest BCUT2D eigenvalue weighted by Crippen LogP contribution is 2.32. The first-order chi connectivity index (χ1) is 16.9. The summed E-state index contributed by atoms with van der Waals surface area (Å²) in [4.78, 5) is 61.5. The second kappa shape index (κ2) is 12.9. The van der Waals surface area contributed by atoms with Gasteiger partial charge in [-0.3, -0.25) is 34.2 Å². The Labute approximate surface area is 202 Å². The van der Waals surface area contributed by atoms with Gasteiger partial charge in [0.05, 0.1) is 50.8 Å². The number of imide groups is 2. The molecule has 0 radical (unpaired) electrons. The molecular weight excluding hydrogens is 460 g/mol. The van der Waals surface area contributed by atoms with Crippen molar-refractivity contribution in [3.8, 4) is 0 Å². The number of amides is 5. The zero-order valence-corrected chi connectivity index (χ0v) is 19.6. The van der Waals surface area contributed by atoms with Gasteiger partial charge in [0, 0.05) is 32.1 Å². The number of hydrogen-bond acceptors (Lipinski definition) is 9. The van der Waals surface area contributed by atoms with Crippen molar-refractivity contribution in [2.45, 2.75) is 25.3 Å². The Morgan fingerprint density at radius 3 is 2.37 bits per heavy atom. The lowest BCUT2D eigenvalue weighted by molar-refractivity contribution is -0.136. The van der Waals surface area contributed by atoms with Crippen molar-refractivity contribution in [2.24, 2.45) is 0 Å². The lowest BCUT2D eigenvalue weighted by Crippen LogP contribution is -2.54. The third kappa shape index (κ3) is 6.84. The number of piperidine rings is 1. The van der Waals surface area contributed by atoms with Crippen LogP contribution in [0.5, 0.6) is 0 Å². The number of nitrogens with zero attached hydrogens (tertiary/aromatic N) is 1. The van der Waals surface area contributed by atoms with Crippen molar-refractivity contribution in [3.05, 3.63) is 29.3 Å². The molecule has 1 atom stereocenters. The van der Waals surface area contributed by atoms with Crippen molar-refractivity contribution < 1.29 is 38.2 Å². The van der Waals surface area contributed by atoms with Crippen LogP contribution in [0.3, 0.4) is 0 Å². The van der Waals surface area contributed by atoms with E-state index in [1.807, 2.05) is 0 Å². The molecular formula is C23H30N4O8. The molecule has 1 aromatic rings. The van der Waals surface area contributed by atoms with Gasteiger partial charge in [-0.15, -0.1) is 0 Å². The number of carbonyl (C=O) groups is 5. The van der Waals surface area contributed by atoms with Gasteiger partial charge in [0.15, 0.2) is 0 Å². The van der Waals surface area contributed by atoms with Gasteiger partial charge in [-0.05, 0) is 18.6 Å². The Balaban J connectivity index is 1.37. The molecule has 3 rings (SSSR count). The van der Waals surface area contributed by atoms with Gasteiger partial charge in [-0.1, -0.05) is 6.07 Å². The van der Waals surface area contributed by atoms with Gasteiger partial charge in [-0.2, -0.15) is 0 Å². The summed E-state index contributed by atoms with van der Waals surface area (Å²) in [5, 5.41) is 7.80. The molecule has 0 aliphatic carbocycles. The van der Waals surface area contributed by atoms with E-state index in [4.69, 9.17) is 14.2 Å². The molecule has 1 saturated heterocycles. The standard InChI is InChI=1S/C23H30N4O8/c1-24-18(28)7-9-33-11-13-35-14-12-34-10-8-25-16-4-2-3-15-20(16)23(32)27(22(15)31)17-5-6-19(29)26-21(17)30/h2-4,17,25H,5-14H2,1H3,(H,24,28)(H,26,29,30). The third-order valence-corrected chi connectivity index (χ3v) is 5.53. The Morgan fingerprint density at radius 1 is 1.00 bits per heavy atom. The molecule has 0 bridgehead atoms. The zero-order valence-electron chi connectivity index (χ0n) is 19.6. The lowest BCUT2D eigenvalue weighted by Gasteiger charge is -2.27. The van der Waals surface area contributed by atoms with E-state index in [0.717, 1.165) is 4.90 Å². The summed E-state index contributed by atoms with van der Waals surface area (Å²) in [7, 11) is 1.57. The van der Waals surface area contributed by atoms with Crippen molar-refractivity contribution in [1.29, 1.82) is 0 Å². The predicted octanol–water partition coefficient (Wildman–Crippen LogP) is -0.314. The largest absolute Gasteiger partial charge is 0.382 e. The summed E-state index contributed by atoms with van der Waals surface area (Å²) in [6.07, 6.45) is 0.490. The second-order valence-corrected chi connectivity index (χ2v) is 7.86. The zero-order chi connectivity index (χ0) is 25.2. The summed E-state index contributed by atoms with van der Waals surface area (Å²) in [6, 6.07) is 3.89. The molecule has 1 aromatic carbocycles. The Hall–Kier alpha value is -3.35. The molecule has 12 nitrogen and oxygen atoms in total. The quantitative estimate of drug-likeness (QED) is 0.235. The van der Waals surface area contributed by atoms with E-state index in [0.29, 0.717) is 58.3 Å². The maximum Gasteiger partial charge on any atom is 0.264 e. The Morgan fingerprint density at radius 2 is 1.69 bits per heavy atom. The highest BCUT2D eigenvalue weighted by Gasteiger charge is 2.45. The van der Waals surface area contributed by atoms with E-state index in [9.17, 15) is 24.0 Å². The molecule has 190 valence electrons. The van der Waals surface area contributed by atoms with Crippen LogP contribution in [0, 0.1) is 0 Å². The summed E-state index contributed by atoms with van der Waals surface area (Å²) >= 11 is 0. The average molecular weight is 491 g/mol. The minimum absolute atomic E-state index is 0.0701. The molecule has 3 N–H and O–H groups in total. The summed E-state index contributed by atoms with van der Waals surface area (Å²) in [5.74, 6) is -2.24. The molecule has 2 heterocycles. The monoisotopic (exact) mass is 490 g/mol. The predicted molar refractivity (Wildman–Crippen MR) is 123 cm³/mol. The van der Waals surface area contributed by atoms with Crippen LogP contribution in [0.15, 0.2) is 18.2 Å².